The number of halogens is 1. The second-order valence-electron chi connectivity index (χ2n) is 8.77. The summed E-state index contributed by atoms with van der Waals surface area (Å²) in [6, 6.07) is 18.6. The van der Waals surface area contributed by atoms with Crippen molar-refractivity contribution < 1.29 is 4.74 Å². The molecule has 0 aliphatic carbocycles. The Kier molecular flexibility index (Phi) is 11.9. The number of alkyl halides is 1. The van der Waals surface area contributed by atoms with Gasteiger partial charge in [-0.05, 0) is 61.2 Å². The highest BCUT2D eigenvalue weighted by atomic mass is 127. The third kappa shape index (κ3) is 9.02. The van der Waals surface area contributed by atoms with E-state index in [0.29, 0.717) is 13.9 Å². The zero-order valence-corrected chi connectivity index (χ0v) is 22.1. The fraction of sp³-hybridized carbons (Fsp3) is 0.464. The number of nitrogens with zero attached hydrogens (tertiary/aromatic N) is 1. The average molecular weight is 541 g/mol. The van der Waals surface area contributed by atoms with Gasteiger partial charge in [-0.3, -0.25) is 0 Å². The predicted molar refractivity (Wildman–Crippen MR) is 147 cm³/mol. The molecule has 0 fully saturated rings. The standard InChI is InChI=1S/C28H37BINO/c1-4-6-17-28(30,18-7-5-2)23(3)19-26(29-22-31)20-24-13-15-27(16-14-24)32-21-25-11-9-8-10-12-25/h8-16,19,26,29H,4-7,17-18,20-21H2,1-3H3/b23-19-. The zero-order valence-electron chi connectivity index (χ0n) is 19.9. The molecule has 0 bridgehead atoms. The second kappa shape index (κ2) is 14.4. The van der Waals surface area contributed by atoms with Gasteiger partial charge in [-0.15, -0.1) is 0 Å². The first-order valence-corrected chi connectivity index (χ1v) is 13.1. The van der Waals surface area contributed by atoms with Crippen LogP contribution < -0.4 is 4.74 Å². The van der Waals surface area contributed by atoms with E-state index in [0.717, 1.165) is 12.2 Å². The molecular formula is C28H37BINO. The van der Waals surface area contributed by atoms with Gasteiger partial charge in [0.15, 0.2) is 0 Å². The van der Waals surface area contributed by atoms with Gasteiger partial charge in [-0.2, -0.15) is 0 Å². The Bertz CT molecular complexity index is 849. The molecule has 0 aromatic heterocycles. The van der Waals surface area contributed by atoms with Gasteiger partial charge in [0.05, 0.1) is 0 Å². The van der Waals surface area contributed by atoms with E-state index in [4.69, 9.17) is 4.74 Å². The fourth-order valence-corrected chi connectivity index (χ4v) is 4.95. The van der Waals surface area contributed by atoms with Crippen molar-refractivity contribution in [1.82, 2.24) is 0 Å². The van der Waals surface area contributed by atoms with E-state index in [9.17, 15) is 5.26 Å². The molecule has 0 saturated heterocycles. The molecule has 4 heteroatoms. The Balaban J connectivity index is 2.05. The predicted octanol–water partition coefficient (Wildman–Crippen LogP) is 8.01. The Morgan fingerprint density at radius 1 is 1.03 bits per heavy atom. The van der Waals surface area contributed by atoms with Crippen LogP contribution in [0.1, 0.15) is 70.4 Å². The lowest BCUT2D eigenvalue weighted by molar-refractivity contribution is 0.306. The molecule has 0 aliphatic rings. The quantitative estimate of drug-likeness (QED) is 0.105. The monoisotopic (exact) mass is 541 g/mol. The number of hydrogen-bond donors (Lipinski definition) is 0. The normalized spacial score (nSPS) is 12.8. The van der Waals surface area contributed by atoms with Crippen LogP contribution >= 0.6 is 22.6 Å². The Morgan fingerprint density at radius 2 is 1.66 bits per heavy atom. The molecule has 0 N–H and O–H groups in total. The molecule has 2 rings (SSSR count). The van der Waals surface area contributed by atoms with Crippen molar-refractivity contribution in [3.05, 3.63) is 77.4 Å². The van der Waals surface area contributed by atoms with E-state index in [-0.39, 0.29) is 9.24 Å². The number of unbranched alkanes of at least 4 members (excludes halogenated alkanes) is 2. The maximum Gasteiger partial charge on any atom is 0.257 e. The SMILES string of the molecule is CCCCC(I)(CCCC)/C(C)=C\C(BC#N)Cc1ccc(OCc2ccccc2)cc1. The lowest BCUT2D eigenvalue weighted by Gasteiger charge is -2.30. The van der Waals surface area contributed by atoms with Crippen LogP contribution in [0.2, 0.25) is 5.82 Å². The largest absolute Gasteiger partial charge is 0.489 e. The Morgan fingerprint density at radius 3 is 2.22 bits per heavy atom. The van der Waals surface area contributed by atoms with Crippen molar-refractivity contribution in [2.24, 2.45) is 0 Å². The number of ether oxygens (including phenoxy) is 1. The molecule has 0 amide bonds. The number of benzene rings is 2. The zero-order chi connectivity index (χ0) is 23.2. The number of allylic oxidation sites excluding steroid dienone is 2. The first-order chi connectivity index (χ1) is 15.5. The van der Waals surface area contributed by atoms with Crippen LogP contribution in [0.3, 0.4) is 0 Å². The van der Waals surface area contributed by atoms with E-state index in [1.807, 2.05) is 30.3 Å². The summed E-state index contributed by atoms with van der Waals surface area (Å²) in [5.74, 6) is 3.53. The minimum Gasteiger partial charge on any atom is -0.489 e. The van der Waals surface area contributed by atoms with Gasteiger partial charge < -0.3 is 4.74 Å². The van der Waals surface area contributed by atoms with Crippen molar-refractivity contribution in [3.8, 4) is 11.7 Å². The summed E-state index contributed by atoms with van der Waals surface area (Å²) in [5, 5.41) is 9.43. The topological polar surface area (TPSA) is 33.0 Å². The van der Waals surface area contributed by atoms with Crippen molar-refractivity contribution in [1.29, 1.82) is 5.26 Å². The Labute approximate surface area is 209 Å². The minimum absolute atomic E-state index is 0.215. The first-order valence-electron chi connectivity index (χ1n) is 12.0. The van der Waals surface area contributed by atoms with Gasteiger partial charge in [-0.25, -0.2) is 5.26 Å². The number of hydrogen-bond acceptors (Lipinski definition) is 2. The summed E-state index contributed by atoms with van der Waals surface area (Å²) in [4.78, 5) is 0. The second-order valence-corrected chi connectivity index (χ2v) is 10.8. The molecule has 0 radical (unpaired) electrons. The summed E-state index contributed by atoms with van der Waals surface area (Å²) in [7, 11) is 0.553. The van der Waals surface area contributed by atoms with Crippen LogP contribution in [-0.4, -0.2) is 10.7 Å². The Hall–Kier alpha value is -1.74. The van der Waals surface area contributed by atoms with Crippen LogP contribution in [0.4, 0.5) is 0 Å². The molecule has 32 heavy (non-hydrogen) atoms. The third-order valence-corrected chi connectivity index (χ3v) is 8.00. The van der Waals surface area contributed by atoms with E-state index in [2.05, 4.69) is 79.7 Å². The highest BCUT2D eigenvalue weighted by molar-refractivity contribution is 14.1. The van der Waals surface area contributed by atoms with Gasteiger partial charge in [0, 0.05) is 3.42 Å². The molecule has 2 aromatic carbocycles. The van der Waals surface area contributed by atoms with Crippen LogP contribution in [0, 0.1) is 11.2 Å². The number of rotatable bonds is 14. The van der Waals surface area contributed by atoms with Gasteiger partial charge >= 0.3 is 0 Å². The summed E-state index contributed by atoms with van der Waals surface area (Å²) in [5.41, 5.74) is 3.87. The molecule has 170 valence electrons. The van der Waals surface area contributed by atoms with E-state index in [1.54, 1.807) is 0 Å². The number of nitriles is 1. The van der Waals surface area contributed by atoms with Gasteiger partial charge in [0.2, 0.25) is 0 Å². The fourth-order valence-electron chi connectivity index (χ4n) is 4.01. The van der Waals surface area contributed by atoms with E-state index in [1.165, 1.54) is 55.2 Å². The summed E-state index contributed by atoms with van der Waals surface area (Å²) < 4.78 is 6.13. The maximum absolute atomic E-state index is 9.43. The van der Waals surface area contributed by atoms with Crippen LogP contribution in [0.15, 0.2) is 66.2 Å². The molecule has 2 nitrogen and oxygen atoms in total. The van der Waals surface area contributed by atoms with E-state index >= 15 is 0 Å². The average Bonchev–Trinajstić information content (AvgIpc) is 2.81. The lowest BCUT2D eigenvalue weighted by atomic mass is 9.63. The summed E-state index contributed by atoms with van der Waals surface area (Å²) in [6.07, 6.45) is 10.7. The minimum atomic E-state index is 0.215. The maximum atomic E-state index is 9.43. The highest BCUT2D eigenvalue weighted by Gasteiger charge is 2.28. The molecule has 0 heterocycles. The first kappa shape index (κ1) is 26.5. The van der Waals surface area contributed by atoms with Crippen LogP contribution in [-0.2, 0) is 13.0 Å². The van der Waals surface area contributed by atoms with Crippen molar-refractivity contribution in [3.63, 3.8) is 0 Å². The van der Waals surface area contributed by atoms with Gasteiger partial charge in [0.1, 0.15) is 12.4 Å². The molecule has 0 aliphatic heterocycles. The molecule has 1 unspecified atom stereocenters. The van der Waals surface area contributed by atoms with Crippen molar-refractivity contribution >= 4 is 29.9 Å². The molecule has 0 saturated carbocycles. The van der Waals surface area contributed by atoms with E-state index < -0.39 is 0 Å². The molecular weight excluding hydrogens is 504 g/mol. The van der Waals surface area contributed by atoms with Crippen LogP contribution in [0.5, 0.6) is 5.75 Å². The lowest BCUT2D eigenvalue weighted by Crippen LogP contribution is -2.23. The molecule has 0 spiro atoms. The summed E-state index contributed by atoms with van der Waals surface area (Å²) >= 11 is 2.69. The van der Waals surface area contributed by atoms with Crippen molar-refractivity contribution in [2.75, 3.05) is 0 Å². The summed E-state index contributed by atoms with van der Waals surface area (Å²) in [6.45, 7) is 7.39. The highest BCUT2D eigenvalue weighted by Crippen LogP contribution is 2.39. The van der Waals surface area contributed by atoms with Crippen molar-refractivity contribution in [2.45, 2.75) is 81.6 Å². The van der Waals surface area contributed by atoms with Gasteiger partial charge in [0.25, 0.3) is 7.28 Å². The smallest absolute Gasteiger partial charge is 0.257 e. The van der Waals surface area contributed by atoms with Crippen LogP contribution in [0.25, 0.3) is 0 Å². The third-order valence-electron chi connectivity index (χ3n) is 6.07. The molecule has 2 aromatic rings. The molecule has 1 atom stereocenters. The van der Waals surface area contributed by atoms with Gasteiger partial charge in [-0.1, -0.05) is 116 Å².